The maximum atomic E-state index is 12.4. The van der Waals surface area contributed by atoms with Crippen LogP contribution in [-0.4, -0.2) is 36.6 Å². The molecule has 1 aromatic heterocycles. The molecule has 0 unspecified atom stereocenters. The number of aliphatic imine (C=N–C) groups is 1. The Hall–Kier alpha value is -2.55. The van der Waals surface area contributed by atoms with Crippen molar-refractivity contribution in [2.24, 2.45) is 10.9 Å². The third kappa shape index (κ3) is 3.67. The van der Waals surface area contributed by atoms with Crippen molar-refractivity contribution in [3.63, 3.8) is 0 Å². The van der Waals surface area contributed by atoms with Gasteiger partial charge in [0.15, 0.2) is 5.92 Å². The van der Waals surface area contributed by atoms with E-state index in [4.69, 9.17) is 4.74 Å². The van der Waals surface area contributed by atoms with Crippen LogP contribution in [0.4, 0.5) is 9.80 Å². The first-order chi connectivity index (χ1) is 12.5. The minimum absolute atomic E-state index is 0.252. The van der Waals surface area contributed by atoms with Crippen LogP contribution in [0.3, 0.4) is 0 Å². The molecular weight excluding hydrogens is 358 g/mol. The Labute approximate surface area is 154 Å². The monoisotopic (exact) mass is 377 g/mol. The zero-order chi connectivity index (χ0) is 18.7. The molecule has 8 nitrogen and oxygen atoms in total. The number of amides is 4. The van der Waals surface area contributed by atoms with Gasteiger partial charge in [0.1, 0.15) is 5.00 Å². The van der Waals surface area contributed by atoms with Crippen LogP contribution in [0.1, 0.15) is 47.0 Å². The highest BCUT2D eigenvalue weighted by atomic mass is 32.1. The van der Waals surface area contributed by atoms with Crippen molar-refractivity contribution in [2.75, 3.05) is 6.61 Å². The lowest BCUT2D eigenvalue weighted by Crippen LogP contribution is -2.56. The number of nitrogens with one attached hydrogen (secondary N) is 2. The van der Waals surface area contributed by atoms with Crippen molar-refractivity contribution in [1.29, 1.82) is 0 Å². The lowest BCUT2D eigenvalue weighted by molar-refractivity contribution is -0.132. The SMILES string of the molecule is CCOC(=O)c1c(N=CC2C(=O)NC(=O)NC2=O)sc2c1CCCCC2. The molecule has 0 spiro atoms. The van der Waals surface area contributed by atoms with E-state index in [0.717, 1.165) is 42.5 Å². The van der Waals surface area contributed by atoms with E-state index in [1.807, 2.05) is 10.6 Å². The number of fused-ring (bicyclic) bond motifs is 1. The molecule has 138 valence electrons. The topological polar surface area (TPSA) is 114 Å². The first-order valence-corrected chi connectivity index (χ1v) is 9.34. The molecule has 1 aliphatic carbocycles. The molecular formula is C17H19N3O5S. The number of esters is 1. The van der Waals surface area contributed by atoms with Crippen molar-refractivity contribution < 1.29 is 23.9 Å². The fraction of sp³-hybridized carbons (Fsp3) is 0.471. The fourth-order valence-corrected chi connectivity index (χ4v) is 4.27. The van der Waals surface area contributed by atoms with Crippen LogP contribution >= 0.6 is 11.3 Å². The van der Waals surface area contributed by atoms with Gasteiger partial charge in [-0.2, -0.15) is 0 Å². The van der Waals surface area contributed by atoms with Gasteiger partial charge in [0.05, 0.1) is 12.2 Å². The molecule has 0 saturated carbocycles. The Bertz CT molecular complexity index is 779. The maximum absolute atomic E-state index is 12.4. The average molecular weight is 377 g/mol. The fourth-order valence-electron chi connectivity index (χ4n) is 3.04. The van der Waals surface area contributed by atoms with Gasteiger partial charge in [0, 0.05) is 11.1 Å². The van der Waals surface area contributed by atoms with E-state index in [1.54, 1.807) is 6.92 Å². The summed E-state index contributed by atoms with van der Waals surface area (Å²) in [6, 6.07) is -0.847. The molecule has 1 saturated heterocycles. The van der Waals surface area contributed by atoms with Crippen LogP contribution in [0, 0.1) is 5.92 Å². The van der Waals surface area contributed by atoms with Gasteiger partial charge in [0.2, 0.25) is 11.8 Å². The van der Waals surface area contributed by atoms with E-state index in [1.165, 1.54) is 17.6 Å². The number of ether oxygens (including phenoxy) is 1. The van der Waals surface area contributed by atoms with Crippen LogP contribution in [0.5, 0.6) is 0 Å². The lowest BCUT2D eigenvalue weighted by atomic mass is 10.1. The van der Waals surface area contributed by atoms with Gasteiger partial charge >= 0.3 is 12.0 Å². The lowest BCUT2D eigenvalue weighted by Gasteiger charge is -2.16. The van der Waals surface area contributed by atoms with Gasteiger partial charge in [-0.1, -0.05) is 6.42 Å². The summed E-state index contributed by atoms with van der Waals surface area (Å²) in [5.41, 5.74) is 1.39. The molecule has 0 atom stereocenters. The minimum atomic E-state index is -1.22. The predicted molar refractivity (Wildman–Crippen MR) is 94.9 cm³/mol. The summed E-state index contributed by atoms with van der Waals surface area (Å²) in [6.45, 7) is 1.99. The van der Waals surface area contributed by atoms with Crippen molar-refractivity contribution in [2.45, 2.75) is 39.0 Å². The van der Waals surface area contributed by atoms with Crippen LogP contribution in [0.2, 0.25) is 0 Å². The van der Waals surface area contributed by atoms with Crippen LogP contribution in [0.15, 0.2) is 4.99 Å². The van der Waals surface area contributed by atoms with Gasteiger partial charge in [0.25, 0.3) is 0 Å². The summed E-state index contributed by atoms with van der Waals surface area (Å²) in [5.74, 6) is -3.13. The Morgan fingerprint density at radius 1 is 1.19 bits per heavy atom. The zero-order valence-electron chi connectivity index (χ0n) is 14.3. The second kappa shape index (κ2) is 7.77. The van der Waals surface area contributed by atoms with E-state index in [-0.39, 0.29) is 6.61 Å². The Morgan fingerprint density at radius 2 is 1.88 bits per heavy atom. The molecule has 3 rings (SSSR count). The van der Waals surface area contributed by atoms with Gasteiger partial charge in [-0.3, -0.25) is 20.2 Å². The number of urea groups is 1. The summed E-state index contributed by atoms with van der Waals surface area (Å²) >= 11 is 1.39. The molecule has 26 heavy (non-hydrogen) atoms. The molecule has 1 aliphatic heterocycles. The standard InChI is InChI=1S/C17H19N3O5S/c1-2-25-16(23)12-9-6-4-3-5-7-11(9)26-15(12)18-8-10-13(21)19-17(24)20-14(10)22/h8,10H,2-7H2,1H3,(H2,19,20,21,22,24). The molecule has 0 radical (unpaired) electrons. The number of aryl methyl sites for hydroxylation is 1. The first kappa shape index (κ1) is 18.2. The van der Waals surface area contributed by atoms with Crippen molar-refractivity contribution in [1.82, 2.24) is 10.6 Å². The van der Waals surface area contributed by atoms with E-state index in [0.29, 0.717) is 10.6 Å². The third-order valence-electron chi connectivity index (χ3n) is 4.26. The zero-order valence-corrected chi connectivity index (χ0v) is 15.1. The van der Waals surface area contributed by atoms with Crippen molar-refractivity contribution >= 4 is 46.4 Å². The molecule has 4 amide bonds. The summed E-state index contributed by atoms with van der Waals surface area (Å²) in [5, 5.41) is 4.48. The predicted octanol–water partition coefficient (Wildman–Crippen LogP) is 1.88. The molecule has 1 aromatic rings. The molecule has 9 heteroatoms. The Morgan fingerprint density at radius 3 is 2.58 bits per heavy atom. The molecule has 2 N–H and O–H groups in total. The number of imide groups is 2. The smallest absolute Gasteiger partial charge is 0.341 e. The molecule has 1 fully saturated rings. The number of carbonyl (C=O) groups is 4. The number of rotatable bonds is 4. The molecule has 0 bridgehead atoms. The molecule has 2 aliphatic rings. The number of hydrogen-bond donors (Lipinski definition) is 2. The van der Waals surface area contributed by atoms with Gasteiger partial charge < -0.3 is 4.74 Å². The quantitative estimate of drug-likeness (QED) is 0.360. The Balaban J connectivity index is 1.94. The number of thiophene rings is 1. The van der Waals surface area contributed by atoms with E-state index >= 15 is 0 Å². The largest absolute Gasteiger partial charge is 0.462 e. The summed E-state index contributed by atoms with van der Waals surface area (Å²) < 4.78 is 5.17. The number of hydrogen-bond acceptors (Lipinski definition) is 7. The van der Waals surface area contributed by atoms with E-state index < -0.39 is 29.7 Å². The maximum Gasteiger partial charge on any atom is 0.341 e. The first-order valence-electron chi connectivity index (χ1n) is 8.52. The second-order valence-corrected chi connectivity index (χ2v) is 7.11. The van der Waals surface area contributed by atoms with Crippen LogP contribution < -0.4 is 10.6 Å². The van der Waals surface area contributed by atoms with Crippen LogP contribution in [0.25, 0.3) is 0 Å². The highest BCUT2D eigenvalue weighted by Crippen LogP contribution is 2.39. The summed E-state index contributed by atoms with van der Waals surface area (Å²) in [4.78, 5) is 52.6. The minimum Gasteiger partial charge on any atom is -0.462 e. The number of barbiturate groups is 1. The highest BCUT2D eigenvalue weighted by Gasteiger charge is 2.33. The van der Waals surface area contributed by atoms with E-state index in [2.05, 4.69) is 4.99 Å². The summed E-state index contributed by atoms with van der Waals surface area (Å²) in [6.07, 6.45) is 5.99. The number of carbonyl (C=O) groups excluding carboxylic acids is 4. The normalized spacial score (nSPS) is 18.3. The van der Waals surface area contributed by atoms with Gasteiger partial charge in [-0.15, -0.1) is 11.3 Å². The molecule has 0 aromatic carbocycles. The van der Waals surface area contributed by atoms with Crippen molar-refractivity contribution in [3.8, 4) is 0 Å². The van der Waals surface area contributed by atoms with Crippen LogP contribution in [-0.2, 0) is 27.2 Å². The molecule has 2 heterocycles. The third-order valence-corrected chi connectivity index (χ3v) is 5.46. The second-order valence-electron chi connectivity index (χ2n) is 6.03. The van der Waals surface area contributed by atoms with E-state index in [9.17, 15) is 19.2 Å². The highest BCUT2D eigenvalue weighted by molar-refractivity contribution is 7.16. The van der Waals surface area contributed by atoms with Crippen molar-refractivity contribution in [3.05, 3.63) is 16.0 Å². The summed E-state index contributed by atoms with van der Waals surface area (Å²) in [7, 11) is 0. The van der Waals surface area contributed by atoms with Gasteiger partial charge in [-0.05, 0) is 38.2 Å². The van der Waals surface area contributed by atoms with Gasteiger partial charge in [-0.25, -0.2) is 14.6 Å². The Kier molecular flexibility index (Phi) is 5.46. The number of nitrogens with zero attached hydrogens (tertiary/aromatic N) is 1. The average Bonchev–Trinajstić information content (AvgIpc) is 2.75.